The van der Waals surface area contributed by atoms with Crippen LogP contribution in [0.3, 0.4) is 0 Å². The van der Waals surface area contributed by atoms with Gasteiger partial charge in [0, 0.05) is 48.9 Å². The number of aliphatic hydroxyl groups is 1. The molecule has 2 aromatic heterocycles. The van der Waals surface area contributed by atoms with Crippen LogP contribution in [0, 0.1) is 0 Å². The monoisotopic (exact) mass is 470 g/mol. The summed E-state index contributed by atoms with van der Waals surface area (Å²) in [5.74, 6) is 0.306. The topological polar surface area (TPSA) is 129 Å². The van der Waals surface area contributed by atoms with Crippen LogP contribution in [-0.4, -0.2) is 58.6 Å². The molecule has 9 heteroatoms. The van der Waals surface area contributed by atoms with Crippen molar-refractivity contribution in [3.63, 3.8) is 0 Å². The zero-order valence-corrected chi connectivity index (χ0v) is 19.3. The highest BCUT2D eigenvalue weighted by atomic mass is 16.3. The van der Waals surface area contributed by atoms with Crippen LogP contribution in [-0.2, 0) is 6.42 Å². The molecule has 0 atom stereocenters. The van der Waals surface area contributed by atoms with Crippen molar-refractivity contribution in [3.05, 3.63) is 83.8 Å². The number of nitrogens with zero attached hydrogens (tertiary/aromatic N) is 3. The first kappa shape index (κ1) is 23.8. The van der Waals surface area contributed by atoms with Gasteiger partial charge in [-0.3, -0.25) is 14.6 Å². The number of pyridine rings is 1. The molecule has 0 saturated carbocycles. The Labute approximate surface area is 202 Å². The van der Waals surface area contributed by atoms with Crippen LogP contribution < -0.4 is 16.0 Å². The number of aromatic nitrogens is 3. The van der Waals surface area contributed by atoms with E-state index in [1.807, 2.05) is 36.4 Å². The first-order valence-corrected chi connectivity index (χ1v) is 11.2. The molecule has 0 aliphatic carbocycles. The molecule has 0 aliphatic heterocycles. The Hall–Kier alpha value is -4.37. The van der Waals surface area contributed by atoms with Crippen molar-refractivity contribution in [3.8, 4) is 11.3 Å². The number of para-hydroxylation sites is 1. The number of amides is 2. The van der Waals surface area contributed by atoms with Gasteiger partial charge in [-0.15, -0.1) is 0 Å². The van der Waals surface area contributed by atoms with E-state index in [0.29, 0.717) is 29.9 Å². The van der Waals surface area contributed by atoms with Gasteiger partial charge in [-0.25, -0.2) is 9.97 Å². The molecule has 4 N–H and O–H groups in total. The number of fused-ring (bicyclic) bond motifs is 1. The number of carbonyl (C=O) groups is 2. The van der Waals surface area contributed by atoms with Crippen LogP contribution in [0.4, 0.5) is 5.82 Å². The Kier molecular flexibility index (Phi) is 7.59. The molecule has 0 unspecified atom stereocenters. The van der Waals surface area contributed by atoms with Gasteiger partial charge in [-0.2, -0.15) is 0 Å². The van der Waals surface area contributed by atoms with Gasteiger partial charge in [0.1, 0.15) is 12.1 Å². The van der Waals surface area contributed by atoms with Gasteiger partial charge >= 0.3 is 0 Å². The van der Waals surface area contributed by atoms with Gasteiger partial charge in [-0.1, -0.05) is 30.3 Å². The van der Waals surface area contributed by atoms with E-state index in [4.69, 9.17) is 5.11 Å². The fourth-order valence-corrected chi connectivity index (χ4v) is 3.77. The van der Waals surface area contributed by atoms with Crippen molar-refractivity contribution in [1.29, 1.82) is 0 Å². The molecule has 2 heterocycles. The number of hydrogen-bond donors (Lipinski definition) is 4. The summed E-state index contributed by atoms with van der Waals surface area (Å²) in [4.78, 5) is 37.3. The first-order valence-electron chi connectivity index (χ1n) is 11.2. The minimum absolute atomic E-state index is 0.103. The predicted octanol–water partition coefficient (Wildman–Crippen LogP) is 2.43. The standard InChI is InChI=1S/C26H26N6O3/c1-27-26(35)21-10-12-29-24-18(3-2-4-20(21)24)9-11-28-23-15-22(31-16-32-23)17-5-7-19(8-6-17)25(34)30-13-14-33/h2-8,10,12,15-16,33H,9,11,13-14H2,1H3,(H,27,35)(H,30,34)(H,28,31,32). The quantitative estimate of drug-likeness (QED) is 0.296. The van der Waals surface area contributed by atoms with Gasteiger partial charge in [-0.05, 0) is 30.2 Å². The van der Waals surface area contributed by atoms with Crippen molar-refractivity contribution in [2.45, 2.75) is 6.42 Å². The highest BCUT2D eigenvalue weighted by Gasteiger charge is 2.11. The summed E-state index contributed by atoms with van der Waals surface area (Å²) in [6, 6.07) is 16.5. The Morgan fingerprint density at radius 3 is 2.54 bits per heavy atom. The summed E-state index contributed by atoms with van der Waals surface area (Å²) in [5, 5.41) is 18.3. The number of hydrogen-bond acceptors (Lipinski definition) is 7. The molecule has 4 rings (SSSR count). The molecule has 178 valence electrons. The maximum atomic E-state index is 12.2. The van der Waals surface area contributed by atoms with Crippen molar-refractivity contribution in [1.82, 2.24) is 25.6 Å². The lowest BCUT2D eigenvalue weighted by Crippen LogP contribution is -2.26. The summed E-state index contributed by atoms with van der Waals surface area (Å²) >= 11 is 0. The van der Waals surface area contributed by atoms with Gasteiger partial charge in [0.05, 0.1) is 23.4 Å². The van der Waals surface area contributed by atoms with E-state index in [2.05, 4.69) is 30.9 Å². The van der Waals surface area contributed by atoms with Gasteiger partial charge in [0.15, 0.2) is 0 Å². The SMILES string of the molecule is CNC(=O)c1ccnc2c(CCNc3cc(-c4ccc(C(=O)NCCO)cc4)ncn3)cccc12. The van der Waals surface area contributed by atoms with Gasteiger partial charge in [0.25, 0.3) is 11.8 Å². The summed E-state index contributed by atoms with van der Waals surface area (Å²) in [6.07, 6.45) is 3.84. The smallest absolute Gasteiger partial charge is 0.251 e. The molecule has 9 nitrogen and oxygen atoms in total. The molecule has 4 aromatic rings. The number of aliphatic hydroxyl groups excluding tert-OH is 1. The summed E-state index contributed by atoms with van der Waals surface area (Å²) in [6.45, 7) is 0.728. The van der Waals surface area contributed by atoms with Crippen LogP contribution in [0.25, 0.3) is 22.2 Å². The molecule has 35 heavy (non-hydrogen) atoms. The molecule has 0 saturated heterocycles. The summed E-state index contributed by atoms with van der Waals surface area (Å²) in [5.41, 5.74) is 4.54. The Morgan fingerprint density at radius 1 is 0.943 bits per heavy atom. The fraction of sp³-hybridized carbons (Fsp3) is 0.192. The zero-order valence-electron chi connectivity index (χ0n) is 19.3. The van der Waals surface area contributed by atoms with E-state index in [1.165, 1.54) is 6.33 Å². The summed E-state index contributed by atoms with van der Waals surface area (Å²) < 4.78 is 0. The number of carbonyl (C=O) groups excluding carboxylic acids is 2. The van der Waals surface area contributed by atoms with Crippen molar-refractivity contribution in [2.24, 2.45) is 0 Å². The molecule has 0 spiro atoms. The second-order valence-corrected chi connectivity index (χ2v) is 7.77. The normalized spacial score (nSPS) is 10.7. The highest BCUT2D eigenvalue weighted by Crippen LogP contribution is 2.22. The Bertz CT molecular complexity index is 1340. The van der Waals surface area contributed by atoms with Crippen LogP contribution in [0.15, 0.2) is 67.1 Å². The van der Waals surface area contributed by atoms with Crippen LogP contribution in [0.1, 0.15) is 26.3 Å². The average molecular weight is 471 g/mol. The third-order valence-corrected chi connectivity index (χ3v) is 5.53. The third-order valence-electron chi connectivity index (χ3n) is 5.53. The fourth-order valence-electron chi connectivity index (χ4n) is 3.77. The van der Waals surface area contributed by atoms with Crippen molar-refractivity contribution >= 4 is 28.5 Å². The zero-order chi connectivity index (χ0) is 24.6. The first-order chi connectivity index (χ1) is 17.1. The molecule has 2 amide bonds. The van der Waals surface area contributed by atoms with Crippen LogP contribution in [0.5, 0.6) is 0 Å². The van der Waals surface area contributed by atoms with Gasteiger partial charge in [0.2, 0.25) is 0 Å². The molecule has 2 aromatic carbocycles. The van der Waals surface area contributed by atoms with Crippen LogP contribution >= 0.6 is 0 Å². The Morgan fingerprint density at radius 2 is 1.77 bits per heavy atom. The maximum Gasteiger partial charge on any atom is 0.251 e. The van der Waals surface area contributed by atoms with E-state index in [0.717, 1.165) is 27.7 Å². The minimum atomic E-state index is -0.235. The van der Waals surface area contributed by atoms with E-state index < -0.39 is 0 Å². The number of anilines is 1. The molecule has 0 aliphatic rings. The maximum absolute atomic E-state index is 12.2. The minimum Gasteiger partial charge on any atom is -0.395 e. The number of benzene rings is 2. The summed E-state index contributed by atoms with van der Waals surface area (Å²) in [7, 11) is 1.61. The highest BCUT2D eigenvalue weighted by molar-refractivity contribution is 6.06. The molecular weight excluding hydrogens is 444 g/mol. The molecule has 0 fully saturated rings. The van der Waals surface area contributed by atoms with E-state index >= 15 is 0 Å². The number of nitrogens with one attached hydrogen (secondary N) is 3. The molecule has 0 radical (unpaired) electrons. The van der Waals surface area contributed by atoms with E-state index in [9.17, 15) is 9.59 Å². The largest absolute Gasteiger partial charge is 0.395 e. The average Bonchev–Trinajstić information content (AvgIpc) is 2.91. The predicted molar refractivity (Wildman–Crippen MR) is 134 cm³/mol. The third kappa shape index (κ3) is 5.59. The van der Waals surface area contributed by atoms with Crippen molar-refractivity contribution in [2.75, 3.05) is 32.1 Å². The van der Waals surface area contributed by atoms with Crippen molar-refractivity contribution < 1.29 is 14.7 Å². The molecule has 0 bridgehead atoms. The lowest BCUT2D eigenvalue weighted by atomic mass is 10.0. The Balaban J connectivity index is 1.44. The number of rotatable bonds is 9. The molecular formula is C26H26N6O3. The lowest BCUT2D eigenvalue weighted by molar-refractivity contribution is 0.0942. The second-order valence-electron chi connectivity index (χ2n) is 7.77. The van der Waals surface area contributed by atoms with Crippen LogP contribution in [0.2, 0.25) is 0 Å². The second kappa shape index (κ2) is 11.2. The van der Waals surface area contributed by atoms with E-state index in [-0.39, 0.29) is 25.0 Å². The van der Waals surface area contributed by atoms with E-state index in [1.54, 1.807) is 31.4 Å². The van der Waals surface area contributed by atoms with Gasteiger partial charge < -0.3 is 21.1 Å². The lowest BCUT2D eigenvalue weighted by Gasteiger charge is -2.10.